The Morgan fingerprint density at radius 3 is 2.25 bits per heavy atom. The largest absolute Gasteiger partial charge is 0.497 e. The molecule has 1 aliphatic heterocycles. The van der Waals surface area contributed by atoms with Crippen molar-refractivity contribution >= 4 is 6.03 Å². The van der Waals surface area contributed by atoms with E-state index in [4.69, 9.17) is 10.5 Å². The van der Waals surface area contributed by atoms with Crippen molar-refractivity contribution in [3.8, 4) is 5.75 Å². The number of carbonyl (C=O) groups excluding carboxylic acids is 1. The number of benzene rings is 1. The van der Waals surface area contributed by atoms with Crippen molar-refractivity contribution in [3.05, 3.63) is 29.8 Å². The van der Waals surface area contributed by atoms with E-state index in [0.29, 0.717) is 6.54 Å². The lowest BCUT2D eigenvalue weighted by atomic mass is 9.77. The lowest BCUT2D eigenvalue weighted by Gasteiger charge is -2.54. The van der Waals surface area contributed by atoms with E-state index in [1.54, 1.807) is 7.11 Å². The van der Waals surface area contributed by atoms with Crippen molar-refractivity contribution in [1.82, 2.24) is 10.2 Å². The molecule has 2 rings (SSSR count). The molecule has 1 aromatic rings. The number of urea groups is 1. The number of rotatable bonds is 4. The Bertz CT molecular complexity index is 548. The molecule has 0 atom stereocenters. The van der Waals surface area contributed by atoms with Gasteiger partial charge in [-0.2, -0.15) is 0 Å². The molecule has 0 bridgehead atoms. The first-order valence-electron chi connectivity index (χ1n) is 8.62. The van der Waals surface area contributed by atoms with Crippen LogP contribution in [0.25, 0.3) is 0 Å². The van der Waals surface area contributed by atoms with Gasteiger partial charge >= 0.3 is 6.03 Å². The Morgan fingerprint density at radius 1 is 1.21 bits per heavy atom. The minimum atomic E-state index is -0.245. The third kappa shape index (κ3) is 4.20. The van der Waals surface area contributed by atoms with Crippen LogP contribution in [0, 0.1) is 0 Å². The molecule has 1 fully saturated rings. The number of amides is 2. The van der Waals surface area contributed by atoms with Gasteiger partial charge in [-0.3, -0.25) is 0 Å². The summed E-state index contributed by atoms with van der Waals surface area (Å²) in [5, 5.41) is 3.07. The lowest BCUT2D eigenvalue weighted by Crippen LogP contribution is -2.67. The molecule has 0 saturated carbocycles. The molecule has 0 radical (unpaired) electrons. The average Bonchev–Trinajstić information content (AvgIpc) is 2.44. The van der Waals surface area contributed by atoms with Crippen molar-refractivity contribution in [2.24, 2.45) is 5.73 Å². The molecule has 1 aliphatic rings. The topological polar surface area (TPSA) is 67.6 Å². The number of hydrogen-bond donors (Lipinski definition) is 2. The van der Waals surface area contributed by atoms with E-state index < -0.39 is 0 Å². The zero-order valence-electron chi connectivity index (χ0n) is 15.6. The number of likely N-dealkylation sites (tertiary alicyclic amines) is 1. The van der Waals surface area contributed by atoms with E-state index in [1.807, 2.05) is 29.2 Å². The van der Waals surface area contributed by atoms with E-state index in [-0.39, 0.29) is 23.2 Å². The summed E-state index contributed by atoms with van der Waals surface area (Å²) in [6, 6.07) is 8.06. The van der Waals surface area contributed by atoms with Crippen molar-refractivity contribution in [3.63, 3.8) is 0 Å². The summed E-state index contributed by atoms with van der Waals surface area (Å²) >= 11 is 0. The summed E-state index contributed by atoms with van der Waals surface area (Å²) < 4.78 is 5.16. The summed E-state index contributed by atoms with van der Waals surface area (Å²) in [4.78, 5) is 14.8. The van der Waals surface area contributed by atoms with E-state index in [9.17, 15) is 4.79 Å². The van der Waals surface area contributed by atoms with E-state index in [0.717, 1.165) is 25.0 Å². The van der Waals surface area contributed by atoms with Crippen LogP contribution in [-0.2, 0) is 6.42 Å². The first kappa shape index (κ1) is 18.6. The van der Waals surface area contributed by atoms with Gasteiger partial charge in [0, 0.05) is 23.7 Å². The number of methoxy groups -OCH3 is 1. The van der Waals surface area contributed by atoms with Crippen LogP contribution >= 0.6 is 0 Å². The van der Waals surface area contributed by atoms with E-state index in [2.05, 4.69) is 33.0 Å². The van der Waals surface area contributed by atoms with Gasteiger partial charge in [-0.1, -0.05) is 12.1 Å². The van der Waals surface area contributed by atoms with Gasteiger partial charge in [0.1, 0.15) is 5.75 Å². The number of carbonyl (C=O) groups is 1. The molecule has 1 aromatic carbocycles. The smallest absolute Gasteiger partial charge is 0.318 e. The van der Waals surface area contributed by atoms with Gasteiger partial charge in [-0.05, 0) is 64.7 Å². The van der Waals surface area contributed by atoms with Gasteiger partial charge in [-0.15, -0.1) is 0 Å². The predicted molar refractivity (Wildman–Crippen MR) is 97.3 cm³/mol. The molecule has 1 heterocycles. The van der Waals surface area contributed by atoms with Gasteiger partial charge in [-0.25, -0.2) is 4.79 Å². The number of nitrogens with zero attached hydrogens (tertiary/aromatic N) is 1. The van der Waals surface area contributed by atoms with Crippen molar-refractivity contribution in [2.75, 3.05) is 13.7 Å². The molecular weight excluding hydrogens is 302 g/mol. The first-order valence-corrected chi connectivity index (χ1v) is 8.62. The maximum absolute atomic E-state index is 12.8. The Morgan fingerprint density at radius 2 is 1.75 bits per heavy atom. The Hall–Kier alpha value is -1.75. The van der Waals surface area contributed by atoms with Crippen LogP contribution < -0.4 is 15.8 Å². The average molecular weight is 333 g/mol. The highest BCUT2D eigenvalue weighted by Crippen LogP contribution is 2.37. The maximum Gasteiger partial charge on any atom is 0.318 e. The third-order valence-corrected chi connectivity index (χ3v) is 4.79. The van der Waals surface area contributed by atoms with Crippen LogP contribution in [0.1, 0.15) is 46.1 Å². The maximum atomic E-state index is 12.8. The van der Waals surface area contributed by atoms with Crippen LogP contribution in [0.3, 0.4) is 0 Å². The molecule has 2 amide bonds. The lowest BCUT2D eigenvalue weighted by molar-refractivity contribution is 0.00325. The van der Waals surface area contributed by atoms with Gasteiger partial charge in [0.15, 0.2) is 0 Å². The highest BCUT2D eigenvalue weighted by molar-refractivity contribution is 5.76. The summed E-state index contributed by atoms with van der Waals surface area (Å²) in [6.45, 7) is 8.99. The molecule has 3 N–H and O–H groups in total. The standard InChI is InChI=1S/C19H31N3O2/c1-18(2)12-15(20)13-19(3,4)22(18)17(23)21-11-10-14-6-8-16(24-5)9-7-14/h6-9,15H,10-13,20H2,1-5H3,(H,21,23). The fourth-order valence-electron chi connectivity index (χ4n) is 4.09. The predicted octanol–water partition coefficient (Wildman–Crippen LogP) is 2.93. The fourth-order valence-corrected chi connectivity index (χ4v) is 4.09. The zero-order valence-corrected chi connectivity index (χ0v) is 15.6. The van der Waals surface area contributed by atoms with E-state index >= 15 is 0 Å². The monoisotopic (exact) mass is 333 g/mol. The molecule has 5 nitrogen and oxygen atoms in total. The molecule has 0 aromatic heterocycles. The highest BCUT2D eigenvalue weighted by atomic mass is 16.5. The second-order valence-electron chi connectivity index (χ2n) is 7.96. The molecule has 5 heteroatoms. The van der Waals surface area contributed by atoms with Crippen LogP contribution in [-0.4, -0.2) is 41.7 Å². The van der Waals surface area contributed by atoms with Gasteiger partial charge in [0.2, 0.25) is 0 Å². The summed E-state index contributed by atoms with van der Waals surface area (Å²) in [5.74, 6) is 0.843. The molecular formula is C19H31N3O2. The number of ether oxygens (including phenoxy) is 1. The zero-order chi connectivity index (χ0) is 18.0. The summed E-state index contributed by atoms with van der Waals surface area (Å²) in [6.07, 6.45) is 2.44. The fraction of sp³-hybridized carbons (Fsp3) is 0.632. The van der Waals surface area contributed by atoms with E-state index in [1.165, 1.54) is 5.56 Å². The second kappa shape index (κ2) is 7.01. The molecule has 1 saturated heterocycles. The van der Waals surface area contributed by atoms with Crippen LogP contribution in [0.15, 0.2) is 24.3 Å². The molecule has 134 valence electrons. The normalized spacial score (nSPS) is 19.8. The van der Waals surface area contributed by atoms with Gasteiger partial charge in [0.05, 0.1) is 7.11 Å². The Kier molecular flexibility index (Phi) is 5.43. The minimum absolute atomic E-state index is 0.00888. The number of piperidine rings is 1. The Balaban J connectivity index is 1.95. The molecule has 0 aliphatic carbocycles. The quantitative estimate of drug-likeness (QED) is 0.890. The van der Waals surface area contributed by atoms with Crippen LogP contribution in [0.5, 0.6) is 5.75 Å². The van der Waals surface area contributed by atoms with Crippen LogP contribution in [0.2, 0.25) is 0 Å². The first-order chi connectivity index (χ1) is 11.2. The SMILES string of the molecule is COc1ccc(CCNC(=O)N2C(C)(C)CC(N)CC2(C)C)cc1. The highest BCUT2D eigenvalue weighted by Gasteiger charge is 2.46. The summed E-state index contributed by atoms with van der Waals surface area (Å²) in [7, 11) is 1.66. The van der Waals surface area contributed by atoms with Crippen molar-refractivity contribution < 1.29 is 9.53 Å². The number of hydrogen-bond acceptors (Lipinski definition) is 3. The van der Waals surface area contributed by atoms with Crippen LogP contribution in [0.4, 0.5) is 4.79 Å². The van der Waals surface area contributed by atoms with Gasteiger partial charge < -0.3 is 20.7 Å². The Labute approximate surface area is 145 Å². The van der Waals surface area contributed by atoms with Crippen molar-refractivity contribution in [2.45, 2.75) is 64.1 Å². The number of nitrogens with one attached hydrogen (secondary N) is 1. The minimum Gasteiger partial charge on any atom is -0.497 e. The second-order valence-corrected chi connectivity index (χ2v) is 7.96. The summed E-state index contributed by atoms with van der Waals surface area (Å²) in [5.41, 5.74) is 6.87. The van der Waals surface area contributed by atoms with Crippen molar-refractivity contribution in [1.29, 1.82) is 0 Å². The third-order valence-electron chi connectivity index (χ3n) is 4.79. The molecule has 0 spiro atoms. The molecule has 0 unspecified atom stereocenters. The molecule has 24 heavy (non-hydrogen) atoms. The van der Waals surface area contributed by atoms with Gasteiger partial charge in [0.25, 0.3) is 0 Å². The number of nitrogens with two attached hydrogens (primary N) is 1.